The fourth-order valence-electron chi connectivity index (χ4n) is 9.95. The van der Waals surface area contributed by atoms with Crippen molar-refractivity contribution < 1.29 is 64.6 Å². The molecule has 9 N–H and O–H groups in total. The molecule has 0 aromatic rings. The van der Waals surface area contributed by atoms with Crippen LogP contribution in [0.5, 0.6) is 0 Å². The van der Waals surface area contributed by atoms with Crippen LogP contribution in [-0.2, 0) is 23.7 Å². The molecule has 2 aliphatic heterocycles. The summed E-state index contributed by atoms with van der Waals surface area (Å²) in [5, 5.41) is 86.6. The zero-order valence-corrected chi connectivity index (χ0v) is 48.6. The van der Waals surface area contributed by atoms with E-state index < -0.39 is 86.8 Å². The van der Waals surface area contributed by atoms with Crippen LogP contribution in [0.2, 0.25) is 0 Å². The quantitative estimate of drug-likeness (QED) is 0.0204. The van der Waals surface area contributed by atoms with E-state index in [4.69, 9.17) is 18.9 Å². The zero-order chi connectivity index (χ0) is 56.7. The first-order valence-corrected chi connectivity index (χ1v) is 31.2. The molecule has 0 aromatic heterocycles. The van der Waals surface area contributed by atoms with Crippen molar-refractivity contribution in [2.24, 2.45) is 0 Å². The van der Waals surface area contributed by atoms with Crippen LogP contribution >= 0.6 is 0 Å². The Bertz CT molecular complexity index is 1580. The molecule has 0 bridgehead atoms. The highest BCUT2D eigenvalue weighted by atomic mass is 16.7. The van der Waals surface area contributed by atoms with Crippen LogP contribution in [0.15, 0.2) is 72.9 Å². The van der Waals surface area contributed by atoms with Crippen LogP contribution < -0.4 is 5.32 Å². The number of hydrogen-bond acceptors (Lipinski definition) is 13. The van der Waals surface area contributed by atoms with Crippen LogP contribution in [0.25, 0.3) is 0 Å². The summed E-state index contributed by atoms with van der Waals surface area (Å²) in [7, 11) is 0. The van der Waals surface area contributed by atoms with Gasteiger partial charge in [-0.3, -0.25) is 4.79 Å². The largest absolute Gasteiger partial charge is 0.394 e. The highest BCUT2D eigenvalue weighted by Gasteiger charge is 2.51. The third-order valence-corrected chi connectivity index (χ3v) is 14.9. The molecule has 2 fully saturated rings. The van der Waals surface area contributed by atoms with Crippen molar-refractivity contribution in [1.82, 2.24) is 5.32 Å². The minimum Gasteiger partial charge on any atom is -0.394 e. The molecule has 14 nitrogen and oxygen atoms in total. The van der Waals surface area contributed by atoms with Gasteiger partial charge in [0.25, 0.3) is 0 Å². The number of allylic oxidation sites excluding steroid dienone is 12. The fraction of sp³-hybridized carbons (Fsp3) is 0.797. The van der Waals surface area contributed by atoms with Gasteiger partial charge in [-0.05, 0) is 64.2 Å². The number of unbranched alkanes of at least 4 members (excludes halogenated alkanes) is 24. The molecule has 78 heavy (non-hydrogen) atoms. The monoisotopic (exact) mass is 1100 g/mol. The Kier molecular flexibility index (Phi) is 45.0. The first kappa shape index (κ1) is 71.5. The Hall–Kier alpha value is -2.57. The van der Waals surface area contributed by atoms with E-state index in [1.807, 2.05) is 0 Å². The SMILES string of the molecule is CC/C=C\C/C=C\C/C=C\C/C=C\C/C=C\C/C=C\CCCCCCCCCCCCCCCCCCCCCCC(=O)NC(COC1OC(CO)C(OC2OC(CO)C(O)C(O)C2O)C(O)C1O)C(O)CCCCCCC. The number of hydrogen-bond donors (Lipinski definition) is 9. The van der Waals surface area contributed by atoms with E-state index in [1.54, 1.807) is 0 Å². The average Bonchev–Trinajstić information content (AvgIpc) is 3.47. The second-order valence-corrected chi connectivity index (χ2v) is 21.8. The van der Waals surface area contributed by atoms with Crippen LogP contribution in [-0.4, -0.2) is 140 Å². The van der Waals surface area contributed by atoms with Gasteiger partial charge < -0.3 is 65.1 Å². The molecule has 0 spiro atoms. The molecule has 2 saturated heterocycles. The summed E-state index contributed by atoms with van der Waals surface area (Å²) in [6, 6.07) is -0.825. The number of rotatable bonds is 49. The van der Waals surface area contributed by atoms with Crippen LogP contribution in [0.3, 0.4) is 0 Å². The first-order valence-electron chi connectivity index (χ1n) is 31.2. The topological polar surface area (TPSA) is 228 Å². The minimum atomic E-state index is -1.78. The van der Waals surface area contributed by atoms with E-state index in [9.17, 15) is 45.6 Å². The lowest BCUT2D eigenvalue weighted by molar-refractivity contribution is -0.359. The van der Waals surface area contributed by atoms with E-state index in [-0.39, 0.29) is 12.5 Å². The van der Waals surface area contributed by atoms with Crippen LogP contribution in [0, 0.1) is 0 Å². The van der Waals surface area contributed by atoms with Gasteiger partial charge in [0.2, 0.25) is 5.91 Å². The number of carbonyl (C=O) groups is 1. The molecular weight excluding hydrogens is 991 g/mol. The number of aliphatic hydroxyl groups is 8. The van der Waals surface area contributed by atoms with Crippen molar-refractivity contribution in [3.05, 3.63) is 72.9 Å². The first-order chi connectivity index (χ1) is 38.1. The number of carbonyl (C=O) groups excluding carboxylic acids is 1. The third-order valence-electron chi connectivity index (χ3n) is 14.9. The molecule has 0 radical (unpaired) electrons. The normalized spacial score (nSPS) is 25.1. The lowest BCUT2D eigenvalue weighted by atomic mass is 9.97. The van der Waals surface area contributed by atoms with Gasteiger partial charge in [0.1, 0.15) is 48.8 Å². The standard InChI is InChI=1S/C64H113NO13/c1-3-5-7-9-10-11-12-13-14-15-16-17-18-19-20-21-22-23-24-25-26-27-28-29-30-31-32-33-34-35-36-37-38-39-40-41-42-44-46-48-56(69)65-52(53(68)47-45-43-8-6-4-2)51-75-63-61(74)59(72)62(55(50-67)77-63)78-64-60(73)58(71)57(70)54(49-66)76-64/h5,7,10-11,13-14,16-17,19-20,22-23,52-55,57-64,66-68,70-74H,3-4,6,8-9,12,15,18,21,24-51H2,1-2H3,(H,65,69)/b7-5-,11-10-,14-13-,17-16-,20-19-,23-22-. The predicted molar refractivity (Wildman–Crippen MR) is 313 cm³/mol. The molecule has 452 valence electrons. The van der Waals surface area contributed by atoms with Gasteiger partial charge in [-0.2, -0.15) is 0 Å². The molecule has 0 aliphatic carbocycles. The summed E-state index contributed by atoms with van der Waals surface area (Å²) >= 11 is 0. The Morgan fingerprint density at radius 1 is 0.474 bits per heavy atom. The van der Waals surface area contributed by atoms with Crippen molar-refractivity contribution >= 4 is 5.91 Å². The zero-order valence-electron chi connectivity index (χ0n) is 48.6. The van der Waals surface area contributed by atoms with Gasteiger partial charge in [0.05, 0.1) is 32.0 Å². The summed E-state index contributed by atoms with van der Waals surface area (Å²) in [5.74, 6) is -0.213. The lowest BCUT2D eigenvalue weighted by Gasteiger charge is -2.46. The van der Waals surface area contributed by atoms with E-state index in [0.717, 1.165) is 96.3 Å². The summed E-state index contributed by atoms with van der Waals surface area (Å²) in [6.07, 6.45) is 48.7. The maximum atomic E-state index is 13.1. The minimum absolute atomic E-state index is 0.213. The van der Waals surface area contributed by atoms with Crippen molar-refractivity contribution in [1.29, 1.82) is 0 Å². The molecule has 2 heterocycles. The maximum absolute atomic E-state index is 13.1. The van der Waals surface area contributed by atoms with Crippen molar-refractivity contribution in [2.75, 3.05) is 19.8 Å². The maximum Gasteiger partial charge on any atom is 0.220 e. The molecule has 2 aliphatic rings. The highest BCUT2D eigenvalue weighted by molar-refractivity contribution is 5.76. The second-order valence-electron chi connectivity index (χ2n) is 21.8. The second kappa shape index (κ2) is 49.1. The third kappa shape index (κ3) is 34.0. The van der Waals surface area contributed by atoms with Gasteiger partial charge in [-0.15, -0.1) is 0 Å². The van der Waals surface area contributed by atoms with E-state index in [0.29, 0.717) is 12.8 Å². The molecule has 12 unspecified atom stereocenters. The van der Waals surface area contributed by atoms with E-state index in [2.05, 4.69) is 92.1 Å². The average molecular weight is 1100 g/mol. The Morgan fingerprint density at radius 2 is 0.885 bits per heavy atom. The van der Waals surface area contributed by atoms with Crippen LogP contribution in [0.4, 0.5) is 0 Å². The smallest absolute Gasteiger partial charge is 0.220 e. The van der Waals surface area contributed by atoms with Gasteiger partial charge in [0.15, 0.2) is 12.6 Å². The molecule has 12 atom stereocenters. The van der Waals surface area contributed by atoms with E-state index in [1.165, 1.54) is 109 Å². The Morgan fingerprint density at radius 3 is 1.36 bits per heavy atom. The summed E-state index contributed by atoms with van der Waals surface area (Å²) in [5.41, 5.74) is 0. The number of amides is 1. The van der Waals surface area contributed by atoms with Crippen LogP contribution in [0.1, 0.15) is 232 Å². The number of aliphatic hydroxyl groups excluding tert-OH is 8. The Labute approximate surface area is 472 Å². The summed E-state index contributed by atoms with van der Waals surface area (Å²) in [6.45, 7) is 2.64. The molecule has 14 heteroatoms. The van der Waals surface area contributed by atoms with Gasteiger partial charge in [-0.1, -0.05) is 234 Å². The summed E-state index contributed by atoms with van der Waals surface area (Å²) < 4.78 is 22.7. The molecule has 1 amide bonds. The number of ether oxygens (including phenoxy) is 4. The fourth-order valence-corrected chi connectivity index (χ4v) is 9.95. The number of nitrogens with one attached hydrogen (secondary N) is 1. The predicted octanol–water partition coefficient (Wildman–Crippen LogP) is 11.1. The van der Waals surface area contributed by atoms with Gasteiger partial charge in [-0.25, -0.2) is 0 Å². The molecule has 2 rings (SSSR count). The summed E-state index contributed by atoms with van der Waals surface area (Å²) in [4.78, 5) is 13.1. The van der Waals surface area contributed by atoms with Crippen molar-refractivity contribution in [3.63, 3.8) is 0 Å². The van der Waals surface area contributed by atoms with E-state index >= 15 is 0 Å². The molecule has 0 saturated carbocycles. The van der Waals surface area contributed by atoms with Gasteiger partial charge >= 0.3 is 0 Å². The molecular formula is C64H113NO13. The lowest BCUT2D eigenvalue weighted by Crippen LogP contribution is -2.65. The Balaban J connectivity index is 1.48. The van der Waals surface area contributed by atoms with Crippen molar-refractivity contribution in [2.45, 2.75) is 306 Å². The van der Waals surface area contributed by atoms with Gasteiger partial charge in [0, 0.05) is 6.42 Å². The van der Waals surface area contributed by atoms with Crippen molar-refractivity contribution in [3.8, 4) is 0 Å². The molecule has 0 aromatic carbocycles. The highest BCUT2D eigenvalue weighted by Crippen LogP contribution is 2.30.